The maximum absolute atomic E-state index is 12.3. The number of hydrogen-bond donors (Lipinski definition) is 1. The minimum atomic E-state index is -3.82. The average Bonchev–Trinajstić information content (AvgIpc) is 2.65. The first kappa shape index (κ1) is 14.2. The first-order valence-corrected chi connectivity index (χ1v) is 7.46. The maximum Gasteiger partial charge on any atom is 0.267 e. The molecule has 0 fully saturated rings. The van der Waals surface area contributed by atoms with Gasteiger partial charge in [-0.05, 0) is 26.0 Å². The number of anilines is 1. The van der Waals surface area contributed by atoms with Gasteiger partial charge in [-0.1, -0.05) is 34.4 Å². The molecule has 1 aromatic carbocycles. The summed E-state index contributed by atoms with van der Waals surface area (Å²) < 4.78 is 31.7. The molecule has 5 nitrogen and oxygen atoms in total. The van der Waals surface area contributed by atoms with Crippen LogP contribution in [0.2, 0.25) is 10.0 Å². The molecule has 0 saturated carbocycles. The minimum absolute atomic E-state index is 0.00328. The fraction of sp³-hybridized carbons (Fsp3) is 0.182. The first-order valence-electron chi connectivity index (χ1n) is 5.22. The predicted molar refractivity (Wildman–Crippen MR) is 73.2 cm³/mol. The highest BCUT2D eigenvalue weighted by molar-refractivity contribution is 7.92. The normalized spacial score (nSPS) is 11.6. The summed E-state index contributed by atoms with van der Waals surface area (Å²) in [5, 5.41) is 4.01. The Morgan fingerprint density at radius 1 is 1.26 bits per heavy atom. The van der Waals surface area contributed by atoms with Crippen molar-refractivity contribution in [1.29, 1.82) is 0 Å². The predicted octanol–water partition coefficient (Wildman–Crippen LogP) is 3.40. The van der Waals surface area contributed by atoms with Crippen molar-refractivity contribution in [3.63, 3.8) is 0 Å². The molecule has 2 aromatic rings. The number of rotatable bonds is 3. The van der Waals surface area contributed by atoms with E-state index in [-0.39, 0.29) is 32.1 Å². The van der Waals surface area contributed by atoms with Gasteiger partial charge in [0.25, 0.3) is 10.0 Å². The molecule has 1 N–H and O–H groups in total. The molecule has 0 aliphatic carbocycles. The second-order valence-corrected chi connectivity index (χ2v) is 6.26. The van der Waals surface area contributed by atoms with Crippen molar-refractivity contribution in [2.24, 2.45) is 0 Å². The van der Waals surface area contributed by atoms with Crippen molar-refractivity contribution in [2.45, 2.75) is 18.7 Å². The van der Waals surface area contributed by atoms with Gasteiger partial charge in [-0.25, -0.2) is 8.42 Å². The second-order valence-electron chi connectivity index (χ2n) is 3.86. The van der Waals surface area contributed by atoms with Gasteiger partial charge in [0.05, 0.1) is 15.7 Å². The van der Waals surface area contributed by atoms with Crippen LogP contribution >= 0.6 is 23.2 Å². The third-order valence-corrected chi connectivity index (χ3v) is 4.86. The van der Waals surface area contributed by atoms with Gasteiger partial charge in [0.1, 0.15) is 5.69 Å². The second kappa shape index (κ2) is 5.03. The topological polar surface area (TPSA) is 72.2 Å². The monoisotopic (exact) mass is 320 g/mol. The summed E-state index contributed by atoms with van der Waals surface area (Å²) in [6.45, 7) is 3.07. The van der Waals surface area contributed by atoms with Gasteiger partial charge >= 0.3 is 0 Å². The molecule has 0 unspecified atom stereocenters. The number of hydrogen-bond acceptors (Lipinski definition) is 4. The Kier molecular flexibility index (Phi) is 3.75. The zero-order valence-electron chi connectivity index (χ0n) is 10.1. The molecule has 0 radical (unpaired) electrons. The van der Waals surface area contributed by atoms with E-state index < -0.39 is 10.0 Å². The van der Waals surface area contributed by atoms with Crippen molar-refractivity contribution < 1.29 is 12.9 Å². The van der Waals surface area contributed by atoms with Gasteiger partial charge in [0.2, 0.25) is 0 Å². The number of nitrogens with one attached hydrogen (secondary N) is 1. The number of sulfonamides is 1. The number of halogens is 2. The number of aromatic nitrogens is 1. The summed E-state index contributed by atoms with van der Waals surface area (Å²) in [7, 11) is -3.82. The smallest absolute Gasteiger partial charge is 0.267 e. The lowest BCUT2D eigenvalue weighted by Gasteiger charge is -2.09. The summed E-state index contributed by atoms with van der Waals surface area (Å²) >= 11 is 11.8. The molecule has 0 aliphatic heterocycles. The van der Waals surface area contributed by atoms with Crippen LogP contribution in [-0.2, 0) is 10.0 Å². The third kappa shape index (κ3) is 2.70. The minimum Gasteiger partial charge on any atom is -0.360 e. The Morgan fingerprint density at radius 3 is 2.53 bits per heavy atom. The van der Waals surface area contributed by atoms with Crippen molar-refractivity contribution in [3.05, 3.63) is 39.7 Å². The van der Waals surface area contributed by atoms with Crippen LogP contribution < -0.4 is 4.72 Å². The highest BCUT2D eigenvalue weighted by Gasteiger charge is 2.25. The molecule has 8 heteroatoms. The van der Waals surface area contributed by atoms with Gasteiger partial charge in [-0.2, -0.15) is 0 Å². The molecule has 0 spiro atoms. The molecule has 102 valence electrons. The van der Waals surface area contributed by atoms with E-state index in [0.717, 1.165) is 0 Å². The van der Waals surface area contributed by atoms with Crippen LogP contribution in [0.5, 0.6) is 0 Å². The molecular formula is C11H10Cl2N2O3S. The van der Waals surface area contributed by atoms with Crippen LogP contribution in [0.4, 0.5) is 5.69 Å². The molecule has 1 heterocycles. The molecule has 2 rings (SSSR count). The number of aryl methyl sites for hydroxylation is 2. The molecule has 0 saturated heterocycles. The van der Waals surface area contributed by atoms with E-state index in [9.17, 15) is 8.42 Å². The largest absolute Gasteiger partial charge is 0.360 e. The van der Waals surface area contributed by atoms with Crippen LogP contribution in [0, 0.1) is 13.8 Å². The zero-order chi connectivity index (χ0) is 14.2. The first-order chi connectivity index (χ1) is 8.83. The van der Waals surface area contributed by atoms with Crippen molar-refractivity contribution in [2.75, 3.05) is 4.72 Å². The molecule has 19 heavy (non-hydrogen) atoms. The summed E-state index contributed by atoms with van der Waals surface area (Å²) in [5.74, 6) is 0.211. The van der Waals surface area contributed by atoms with Crippen molar-refractivity contribution in [3.8, 4) is 0 Å². The Labute approximate surface area is 120 Å². The van der Waals surface area contributed by atoms with E-state index in [2.05, 4.69) is 9.88 Å². The molecular weight excluding hydrogens is 311 g/mol. The molecule has 0 bridgehead atoms. The fourth-order valence-electron chi connectivity index (χ4n) is 1.64. The molecule has 1 aromatic heterocycles. The summed E-state index contributed by atoms with van der Waals surface area (Å²) in [5.41, 5.74) is 0.484. The number of benzene rings is 1. The lowest BCUT2D eigenvalue weighted by Crippen LogP contribution is -2.14. The third-order valence-electron chi connectivity index (χ3n) is 2.43. The van der Waals surface area contributed by atoms with E-state index >= 15 is 0 Å². The van der Waals surface area contributed by atoms with Crippen LogP contribution in [0.25, 0.3) is 0 Å². The zero-order valence-corrected chi connectivity index (χ0v) is 12.4. The van der Waals surface area contributed by atoms with E-state index in [0.29, 0.717) is 0 Å². The van der Waals surface area contributed by atoms with Crippen molar-refractivity contribution in [1.82, 2.24) is 5.16 Å². The van der Waals surface area contributed by atoms with E-state index in [4.69, 9.17) is 27.7 Å². The summed E-state index contributed by atoms with van der Waals surface area (Å²) in [6.07, 6.45) is 0. The van der Waals surface area contributed by atoms with E-state index in [1.807, 2.05) is 0 Å². The average molecular weight is 321 g/mol. The Balaban J connectivity index is 2.46. The van der Waals surface area contributed by atoms with Gasteiger partial charge in [0, 0.05) is 0 Å². The summed E-state index contributed by atoms with van der Waals surface area (Å²) in [6, 6.07) is 4.68. The molecule has 0 amide bonds. The van der Waals surface area contributed by atoms with Gasteiger partial charge in [0.15, 0.2) is 10.7 Å². The fourth-order valence-corrected chi connectivity index (χ4v) is 3.44. The Bertz CT molecular complexity index is 706. The van der Waals surface area contributed by atoms with Gasteiger partial charge in [-0.3, -0.25) is 4.72 Å². The Hall–Kier alpha value is -1.24. The number of nitrogens with zero attached hydrogens (tertiary/aromatic N) is 1. The van der Waals surface area contributed by atoms with Crippen LogP contribution in [0.1, 0.15) is 11.5 Å². The van der Waals surface area contributed by atoms with E-state index in [1.54, 1.807) is 19.1 Å². The van der Waals surface area contributed by atoms with E-state index in [1.165, 1.54) is 13.0 Å². The highest BCUT2D eigenvalue weighted by atomic mass is 35.5. The lowest BCUT2D eigenvalue weighted by atomic mass is 10.3. The maximum atomic E-state index is 12.3. The van der Waals surface area contributed by atoms with Crippen LogP contribution in [0.3, 0.4) is 0 Å². The van der Waals surface area contributed by atoms with Crippen molar-refractivity contribution >= 4 is 38.9 Å². The summed E-state index contributed by atoms with van der Waals surface area (Å²) in [4.78, 5) is 0.00328. The van der Waals surface area contributed by atoms with Gasteiger partial charge < -0.3 is 4.52 Å². The SMILES string of the molecule is Cc1noc(C)c1S(=O)(=O)Nc1cccc(Cl)c1Cl. The Morgan fingerprint density at radius 2 is 1.95 bits per heavy atom. The molecule has 0 atom stereocenters. The van der Waals surface area contributed by atoms with Gasteiger partial charge in [-0.15, -0.1) is 0 Å². The van der Waals surface area contributed by atoms with Crippen LogP contribution in [0.15, 0.2) is 27.6 Å². The lowest BCUT2D eigenvalue weighted by molar-refractivity contribution is 0.390. The standard InChI is InChI=1S/C11H10Cl2N2O3S/c1-6-11(7(2)18-14-6)19(16,17)15-9-5-3-4-8(12)10(9)13/h3-5,15H,1-2H3. The highest BCUT2D eigenvalue weighted by Crippen LogP contribution is 2.32. The quantitative estimate of drug-likeness (QED) is 0.940. The molecule has 0 aliphatic rings. The van der Waals surface area contributed by atoms with Crippen LogP contribution in [-0.4, -0.2) is 13.6 Å².